The van der Waals surface area contributed by atoms with Crippen LogP contribution in [0.15, 0.2) is 45.6 Å². The van der Waals surface area contributed by atoms with Gasteiger partial charge in [0.05, 0.1) is 19.4 Å². The number of carbonyl (C=O) groups is 1. The van der Waals surface area contributed by atoms with Gasteiger partial charge in [0.1, 0.15) is 17.1 Å². The molecule has 0 unspecified atom stereocenters. The Kier molecular flexibility index (Phi) is 6.44. The number of anilines is 1. The number of halogens is 1. The van der Waals surface area contributed by atoms with E-state index >= 15 is 0 Å². The van der Waals surface area contributed by atoms with E-state index in [-0.39, 0.29) is 18.7 Å². The van der Waals surface area contributed by atoms with Crippen molar-refractivity contribution < 1.29 is 18.7 Å². The lowest BCUT2D eigenvalue weighted by molar-refractivity contribution is -0.116. The second-order valence-electron chi connectivity index (χ2n) is 6.48. The van der Waals surface area contributed by atoms with Gasteiger partial charge in [0.2, 0.25) is 5.91 Å². The Hall–Kier alpha value is -2.99. The average molecular weight is 416 g/mol. The first-order chi connectivity index (χ1) is 13.9. The molecular weight excluding hydrogens is 394 g/mol. The number of fused-ring (bicyclic) bond motifs is 1. The van der Waals surface area contributed by atoms with Gasteiger partial charge in [-0.3, -0.25) is 4.79 Å². The summed E-state index contributed by atoms with van der Waals surface area (Å²) in [6.45, 7) is 4.17. The highest BCUT2D eigenvalue weighted by Crippen LogP contribution is 2.28. The van der Waals surface area contributed by atoms with Crippen LogP contribution >= 0.6 is 11.6 Å². The molecule has 1 amide bonds. The number of hydrogen-bond acceptors (Lipinski definition) is 5. The van der Waals surface area contributed by atoms with Crippen LogP contribution in [0.25, 0.3) is 11.0 Å². The second-order valence-corrected chi connectivity index (χ2v) is 6.91. The highest BCUT2D eigenvalue weighted by Gasteiger charge is 2.15. The fourth-order valence-electron chi connectivity index (χ4n) is 3.12. The van der Waals surface area contributed by atoms with Crippen LogP contribution in [0.1, 0.15) is 24.5 Å². The maximum atomic E-state index is 12.5. The van der Waals surface area contributed by atoms with E-state index < -0.39 is 5.63 Å². The molecule has 0 saturated carbocycles. The van der Waals surface area contributed by atoms with Crippen LogP contribution in [0.5, 0.6) is 11.5 Å². The quantitative estimate of drug-likeness (QED) is 0.564. The van der Waals surface area contributed by atoms with Crippen molar-refractivity contribution in [1.82, 2.24) is 0 Å². The second kappa shape index (κ2) is 9.01. The summed E-state index contributed by atoms with van der Waals surface area (Å²) in [5.74, 6) is 0.904. The van der Waals surface area contributed by atoms with E-state index in [9.17, 15) is 9.59 Å². The zero-order chi connectivity index (χ0) is 21.0. The molecule has 0 aliphatic heterocycles. The summed E-state index contributed by atoms with van der Waals surface area (Å²) in [5, 5.41) is 4.11. The molecule has 0 aliphatic rings. The Morgan fingerprint density at radius 3 is 2.72 bits per heavy atom. The lowest BCUT2D eigenvalue weighted by atomic mass is 10.0. The van der Waals surface area contributed by atoms with Gasteiger partial charge in [-0.1, -0.05) is 11.6 Å². The number of carbonyl (C=O) groups excluding carboxylic acids is 1. The first-order valence-electron chi connectivity index (χ1n) is 9.25. The summed E-state index contributed by atoms with van der Waals surface area (Å²) in [7, 11) is 1.55. The number of hydrogen-bond donors (Lipinski definition) is 1. The van der Waals surface area contributed by atoms with E-state index in [4.69, 9.17) is 25.5 Å². The van der Waals surface area contributed by atoms with Crippen LogP contribution in [0.3, 0.4) is 0 Å². The fourth-order valence-corrected chi connectivity index (χ4v) is 3.30. The number of amides is 1. The van der Waals surface area contributed by atoms with E-state index in [1.165, 1.54) is 0 Å². The third-order valence-electron chi connectivity index (χ3n) is 4.61. The molecule has 152 valence electrons. The average Bonchev–Trinajstić information content (AvgIpc) is 2.69. The van der Waals surface area contributed by atoms with E-state index in [1.807, 2.05) is 19.9 Å². The lowest BCUT2D eigenvalue weighted by Crippen LogP contribution is -2.17. The zero-order valence-corrected chi connectivity index (χ0v) is 17.3. The van der Waals surface area contributed by atoms with Gasteiger partial charge in [-0.2, -0.15) is 0 Å². The Bertz CT molecular complexity index is 1110. The molecule has 0 radical (unpaired) electrons. The van der Waals surface area contributed by atoms with Crippen molar-refractivity contribution >= 4 is 34.2 Å². The molecule has 0 bridgehead atoms. The Morgan fingerprint density at radius 2 is 2.00 bits per heavy atom. The summed E-state index contributed by atoms with van der Waals surface area (Å²) in [5.41, 5.74) is 1.78. The maximum Gasteiger partial charge on any atom is 0.339 e. The molecule has 7 heteroatoms. The van der Waals surface area contributed by atoms with Crippen molar-refractivity contribution in [2.45, 2.75) is 26.7 Å². The minimum atomic E-state index is -0.450. The summed E-state index contributed by atoms with van der Waals surface area (Å²) in [6.07, 6.45) is 0.373. The van der Waals surface area contributed by atoms with Crippen LogP contribution in [0.4, 0.5) is 5.69 Å². The molecule has 1 heterocycles. The van der Waals surface area contributed by atoms with E-state index in [0.29, 0.717) is 40.0 Å². The summed E-state index contributed by atoms with van der Waals surface area (Å²) < 4.78 is 16.1. The van der Waals surface area contributed by atoms with Crippen LogP contribution in [-0.2, 0) is 11.2 Å². The Labute approximate surface area is 173 Å². The topological polar surface area (TPSA) is 77.8 Å². The number of methoxy groups -OCH3 is 1. The van der Waals surface area contributed by atoms with E-state index in [2.05, 4.69) is 5.32 Å². The van der Waals surface area contributed by atoms with Gasteiger partial charge in [-0.15, -0.1) is 0 Å². The first-order valence-corrected chi connectivity index (χ1v) is 9.63. The van der Waals surface area contributed by atoms with Gasteiger partial charge >= 0.3 is 5.63 Å². The Morgan fingerprint density at radius 1 is 1.21 bits per heavy atom. The third kappa shape index (κ3) is 4.71. The molecule has 6 nitrogen and oxygen atoms in total. The molecule has 0 spiro atoms. The predicted molar refractivity (Wildman–Crippen MR) is 113 cm³/mol. The van der Waals surface area contributed by atoms with Crippen molar-refractivity contribution in [2.75, 3.05) is 19.0 Å². The maximum absolute atomic E-state index is 12.5. The lowest BCUT2D eigenvalue weighted by Gasteiger charge is -2.12. The van der Waals surface area contributed by atoms with E-state index in [0.717, 1.165) is 10.9 Å². The highest BCUT2D eigenvalue weighted by molar-refractivity contribution is 6.31. The largest absolute Gasteiger partial charge is 0.497 e. The minimum absolute atomic E-state index is 0.116. The molecule has 0 aliphatic carbocycles. The van der Waals surface area contributed by atoms with Crippen LogP contribution in [0, 0.1) is 6.92 Å². The first kappa shape index (κ1) is 20.7. The number of rotatable bonds is 7. The van der Waals surface area contributed by atoms with Gasteiger partial charge in [0, 0.05) is 28.5 Å². The van der Waals surface area contributed by atoms with Gasteiger partial charge in [-0.25, -0.2) is 4.79 Å². The normalized spacial score (nSPS) is 10.8. The molecular formula is C22H22ClNO5. The van der Waals surface area contributed by atoms with Crippen molar-refractivity contribution in [3.05, 3.63) is 63.0 Å². The number of aryl methyl sites for hydroxylation is 1. The molecule has 2 aromatic carbocycles. The molecule has 0 fully saturated rings. The van der Waals surface area contributed by atoms with Crippen molar-refractivity contribution in [3.63, 3.8) is 0 Å². The zero-order valence-electron chi connectivity index (χ0n) is 16.5. The van der Waals surface area contributed by atoms with E-state index in [1.54, 1.807) is 37.4 Å². The molecule has 0 atom stereocenters. The molecule has 29 heavy (non-hydrogen) atoms. The molecule has 3 aromatic rings. The summed E-state index contributed by atoms with van der Waals surface area (Å²) in [6, 6.07) is 10.4. The van der Waals surface area contributed by atoms with Crippen molar-refractivity contribution in [3.8, 4) is 11.5 Å². The molecule has 0 saturated heterocycles. The van der Waals surface area contributed by atoms with Crippen LogP contribution in [0.2, 0.25) is 5.02 Å². The number of nitrogens with one attached hydrogen (secondary N) is 1. The van der Waals surface area contributed by atoms with Crippen LogP contribution < -0.4 is 20.4 Å². The van der Waals surface area contributed by atoms with Gasteiger partial charge in [0.25, 0.3) is 0 Å². The summed E-state index contributed by atoms with van der Waals surface area (Å²) >= 11 is 6.02. The SMILES string of the molecule is CCOc1ccc(Cl)cc1NC(=O)CCc1c(C)c2ccc(OC)cc2oc1=O. The predicted octanol–water partition coefficient (Wildman–Crippen LogP) is 4.73. The molecule has 1 aromatic heterocycles. The van der Waals surface area contributed by atoms with Crippen molar-refractivity contribution in [2.24, 2.45) is 0 Å². The summed E-state index contributed by atoms with van der Waals surface area (Å²) in [4.78, 5) is 24.9. The molecule has 3 rings (SSSR count). The smallest absolute Gasteiger partial charge is 0.339 e. The van der Waals surface area contributed by atoms with Crippen LogP contribution in [-0.4, -0.2) is 19.6 Å². The standard InChI is InChI=1S/C22H22ClNO5/c1-4-28-19-9-5-14(23)11-18(19)24-21(25)10-8-17-13(2)16-7-6-15(27-3)12-20(16)29-22(17)26/h5-7,9,11-12H,4,8,10H2,1-3H3,(H,24,25). The monoisotopic (exact) mass is 415 g/mol. The number of benzene rings is 2. The molecule has 1 N–H and O–H groups in total. The van der Waals surface area contributed by atoms with Gasteiger partial charge in [0.15, 0.2) is 0 Å². The van der Waals surface area contributed by atoms with Crippen molar-refractivity contribution in [1.29, 1.82) is 0 Å². The fraction of sp³-hybridized carbons (Fsp3) is 0.273. The third-order valence-corrected chi connectivity index (χ3v) is 4.85. The van der Waals surface area contributed by atoms with Gasteiger partial charge < -0.3 is 19.2 Å². The number of ether oxygens (including phenoxy) is 2. The minimum Gasteiger partial charge on any atom is -0.497 e. The van der Waals surface area contributed by atoms with Gasteiger partial charge in [-0.05, 0) is 56.2 Å². The Balaban J connectivity index is 1.78. The highest BCUT2D eigenvalue weighted by atomic mass is 35.5.